The number of thiocarbonyl (C=S) groups is 1. The normalized spacial score (nSPS) is 10.9. The second-order valence-electron chi connectivity index (χ2n) is 5.96. The summed E-state index contributed by atoms with van der Waals surface area (Å²) < 4.78 is 1.70. The smallest absolute Gasteiger partial charge is 0.258 e. The second kappa shape index (κ2) is 8.03. The summed E-state index contributed by atoms with van der Waals surface area (Å²) >= 11 is 18.6. The molecule has 0 atom stereocenters. The number of aromatic nitrogens is 4. The van der Waals surface area contributed by atoms with E-state index >= 15 is 0 Å². The second-order valence-corrected chi connectivity index (χ2v) is 8.17. The first-order chi connectivity index (χ1) is 13.9. The van der Waals surface area contributed by atoms with Crippen LogP contribution < -0.4 is 10.6 Å². The lowest BCUT2D eigenvalue weighted by molar-refractivity contribution is 0.0978. The Kier molecular flexibility index (Phi) is 5.46. The predicted octanol–water partition coefficient (Wildman–Crippen LogP) is 4.59. The van der Waals surface area contributed by atoms with E-state index in [1.807, 2.05) is 31.2 Å². The molecule has 0 aliphatic carbocycles. The van der Waals surface area contributed by atoms with Crippen LogP contribution in [0.2, 0.25) is 10.0 Å². The number of halogens is 2. The quantitative estimate of drug-likeness (QED) is 0.433. The number of fused-ring (bicyclic) bond motifs is 1. The van der Waals surface area contributed by atoms with Gasteiger partial charge in [-0.2, -0.15) is 9.61 Å². The largest absolute Gasteiger partial charge is 0.332 e. The van der Waals surface area contributed by atoms with Crippen LogP contribution >= 0.6 is 46.8 Å². The lowest BCUT2D eigenvalue weighted by Crippen LogP contribution is -2.34. The van der Waals surface area contributed by atoms with Gasteiger partial charge in [0.25, 0.3) is 5.91 Å². The Labute approximate surface area is 184 Å². The molecule has 0 unspecified atom stereocenters. The van der Waals surface area contributed by atoms with Crippen molar-refractivity contribution >= 4 is 68.4 Å². The van der Waals surface area contributed by atoms with E-state index in [4.69, 9.17) is 35.4 Å². The standard InChI is InChI=1S/C18H12Cl2N6OS2/c1-9-23-24-18-26(9)25-16(29-18)10-3-2-4-12(7-10)21-17(28)22-15(27)13-6-5-11(19)8-14(13)20/h2-8H,1H3,(H2,21,22,27,28). The van der Waals surface area contributed by atoms with Crippen molar-refractivity contribution in [3.63, 3.8) is 0 Å². The van der Waals surface area contributed by atoms with Gasteiger partial charge in [-0.05, 0) is 49.5 Å². The summed E-state index contributed by atoms with van der Waals surface area (Å²) in [6.45, 7) is 1.84. The molecule has 0 bridgehead atoms. The van der Waals surface area contributed by atoms with Gasteiger partial charge in [0.05, 0.1) is 10.6 Å². The summed E-state index contributed by atoms with van der Waals surface area (Å²) in [5, 5.41) is 19.8. The Hall–Kier alpha value is -2.59. The number of carbonyl (C=O) groups is 1. The molecule has 0 radical (unpaired) electrons. The van der Waals surface area contributed by atoms with Crippen LogP contribution in [-0.2, 0) is 0 Å². The van der Waals surface area contributed by atoms with Crippen LogP contribution in [0.25, 0.3) is 15.5 Å². The minimum Gasteiger partial charge on any atom is -0.332 e. The molecular weight excluding hydrogens is 451 g/mol. The van der Waals surface area contributed by atoms with Crippen LogP contribution in [0.5, 0.6) is 0 Å². The molecule has 0 saturated heterocycles. The van der Waals surface area contributed by atoms with Gasteiger partial charge in [-0.25, -0.2) is 0 Å². The van der Waals surface area contributed by atoms with Crippen molar-refractivity contribution in [2.45, 2.75) is 6.92 Å². The molecule has 0 spiro atoms. The Morgan fingerprint density at radius 1 is 1.17 bits per heavy atom. The lowest BCUT2D eigenvalue weighted by atomic mass is 10.2. The fraction of sp³-hybridized carbons (Fsp3) is 0.0556. The van der Waals surface area contributed by atoms with Crippen molar-refractivity contribution < 1.29 is 4.79 Å². The molecule has 146 valence electrons. The first kappa shape index (κ1) is 19.7. The maximum atomic E-state index is 12.4. The number of amides is 1. The summed E-state index contributed by atoms with van der Waals surface area (Å²) in [5.74, 6) is 0.297. The molecule has 11 heteroatoms. The van der Waals surface area contributed by atoms with E-state index in [0.717, 1.165) is 21.4 Å². The summed E-state index contributed by atoms with van der Waals surface area (Å²) in [5.41, 5.74) is 1.88. The van der Waals surface area contributed by atoms with E-state index in [9.17, 15) is 4.79 Å². The molecule has 0 aliphatic rings. The Morgan fingerprint density at radius 2 is 2.00 bits per heavy atom. The van der Waals surface area contributed by atoms with E-state index in [0.29, 0.717) is 10.7 Å². The molecule has 2 N–H and O–H groups in total. The van der Waals surface area contributed by atoms with Crippen LogP contribution in [-0.4, -0.2) is 30.8 Å². The minimum absolute atomic E-state index is 0.146. The number of hydrogen-bond acceptors (Lipinski definition) is 6. The maximum absolute atomic E-state index is 12.4. The van der Waals surface area contributed by atoms with Gasteiger partial charge >= 0.3 is 0 Å². The predicted molar refractivity (Wildman–Crippen MR) is 119 cm³/mol. The van der Waals surface area contributed by atoms with E-state index in [1.54, 1.807) is 16.6 Å². The van der Waals surface area contributed by atoms with Gasteiger partial charge in [0.2, 0.25) is 4.96 Å². The zero-order chi connectivity index (χ0) is 20.5. The van der Waals surface area contributed by atoms with Crippen LogP contribution in [0.4, 0.5) is 5.69 Å². The number of carbonyl (C=O) groups excluding carboxylic acids is 1. The minimum atomic E-state index is -0.426. The highest BCUT2D eigenvalue weighted by Gasteiger charge is 2.14. The topological polar surface area (TPSA) is 84.2 Å². The number of anilines is 1. The Balaban J connectivity index is 1.48. The number of nitrogens with one attached hydrogen (secondary N) is 2. The third-order valence-corrected chi connectivity index (χ3v) is 5.62. The first-order valence-electron chi connectivity index (χ1n) is 8.27. The zero-order valence-electron chi connectivity index (χ0n) is 14.8. The highest BCUT2D eigenvalue weighted by atomic mass is 35.5. The third-order valence-electron chi connectivity index (χ3n) is 3.92. The number of aryl methyl sites for hydroxylation is 1. The van der Waals surface area contributed by atoms with Gasteiger partial charge in [0, 0.05) is 16.3 Å². The van der Waals surface area contributed by atoms with Crippen molar-refractivity contribution in [3.8, 4) is 10.6 Å². The van der Waals surface area contributed by atoms with Crippen LogP contribution in [0.15, 0.2) is 42.5 Å². The Bertz CT molecular complexity index is 1250. The van der Waals surface area contributed by atoms with E-state index in [1.165, 1.54) is 17.4 Å². The summed E-state index contributed by atoms with van der Waals surface area (Å²) in [6.07, 6.45) is 0. The Morgan fingerprint density at radius 3 is 2.76 bits per heavy atom. The molecule has 4 aromatic rings. The van der Waals surface area contributed by atoms with Crippen molar-refractivity contribution in [3.05, 3.63) is 63.9 Å². The summed E-state index contributed by atoms with van der Waals surface area (Å²) in [6, 6.07) is 12.1. The molecule has 0 fully saturated rings. The number of benzene rings is 2. The van der Waals surface area contributed by atoms with Gasteiger partial charge in [0.1, 0.15) is 5.01 Å². The summed E-state index contributed by atoms with van der Waals surface area (Å²) in [7, 11) is 0. The average Bonchev–Trinajstić information content (AvgIpc) is 3.24. The van der Waals surface area contributed by atoms with Crippen molar-refractivity contribution in [2.75, 3.05) is 5.32 Å². The van der Waals surface area contributed by atoms with Crippen molar-refractivity contribution in [2.24, 2.45) is 0 Å². The first-order valence-corrected chi connectivity index (χ1v) is 10.3. The van der Waals surface area contributed by atoms with Gasteiger partial charge in [-0.1, -0.05) is 46.7 Å². The average molecular weight is 463 g/mol. The number of hydrogen-bond donors (Lipinski definition) is 2. The van der Waals surface area contributed by atoms with Crippen molar-refractivity contribution in [1.29, 1.82) is 0 Å². The van der Waals surface area contributed by atoms with Gasteiger partial charge < -0.3 is 5.32 Å². The molecule has 2 aromatic carbocycles. The third kappa shape index (κ3) is 4.23. The van der Waals surface area contributed by atoms with Crippen LogP contribution in [0, 0.1) is 6.92 Å². The monoisotopic (exact) mass is 462 g/mol. The number of rotatable bonds is 3. The molecule has 7 nitrogen and oxygen atoms in total. The highest BCUT2D eigenvalue weighted by molar-refractivity contribution is 7.80. The molecule has 2 heterocycles. The van der Waals surface area contributed by atoms with Gasteiger partial charge in [0.15, 0.2) is 10.9 Å². The van der Waals surface area contributed by atoms with Crippen LogP contribution in [0.1, 0.15) is 16.2 Å². The van der Waals surface area contributed by atoms with Crippen molar-refractivity contribution in [1.82, 2.24) is 25.1 Å². The van der Waals surface area contributed by atoms with Gasteiger partial charge in [-0.3, -0.25) is 10.1 Å². The fourth-order valence-corrected chi connectivity index (χ4v) is 4.15. The maximum Gasteiger partial charge on any atom is 0.258 e. The molecule has 0 saturated carbocycles. The molecular formula is C18H12Cl2N6OS2. The SMILES string of the molecule is Cc1nnc2sc(-c3cccc(NC(=S)NC(=O)c4ccc(Cl)cc4Cl)c3)nn12. The molecule has 2 aromatic heterocycles. The molecule has 0 aliphatic heterocycles. The molecule has 1 amide bonds. The van der Waals surface area contributed by atoms with E-state index in [-0.39, 0.29) is 15.7 Å². The zero-order valence-corrected chi connectivity index (χ0v) is 18.0. The summed E-state index contributed by atoms with van der Waals surface area (Å²) in [4.78, 5) is 13.1. The lowest BCUT2D eigenvalue weighted by Gasteiger charge is -2.11. The van der Waals surface area contributed by atoms with Gasteiger partial charge in [-0.15, -0.1) is 10.2 Å². The molecule has 29 heavy (non-hydrogen) atoms. The van der Waals surface area contributed by atoms with E-state index in [2.05, 4.69) is 25.9 Å². The molecule has 4 rings (SSSR count). The number of nitrogens with zero attached hydrogens (tertiary/aromatic N) is 4. The highest BCUT2D eigenvalue weighted by Crippen LogP contribution is 2.27. The van der Waals surface area contributed by atoms with Crippen LogP contribution in [0.3, 0.4) is 0 Å². The van der Waals surface area contributed by atoms with E-state index < -0.39 is 5.91 Å². The fourth-order valence-electron chi connectivity index (χ4n) is 2.57.